The molecule has 0 heterocycles. The summed E-state index contributed by atoms with van der Waals surface area (Å²) in [4.78, 5) is 0. The van der Waals surface area contributed by atoms with Crippen molar-refractivity contribution in [1.29, 1.82) is 0 Å². The van der Waals surface area contributed by atoms with Crippen LogP contribution < -0.4 is 24.8 Å². The monoisotopic (exact) mass is 520 g/mol. The summed E-state index contributed by atoms with van der Waals surface area (Å²) in [7, 11) is 0. The molecule has 0 fully saturated rings. The summed E-state index contributed by atoms with van der Waals surface area (Å²) in [6.07, 6.45) is 7.48. The predicted molar refractivity (Wildman–Crippen MR) is 89.7 cm³/mol. The third kappa shape index (κ3) is 5.72. The van der Waals surface area contributed by atoms with Crippen molar-refractivity contribution in [1.82, 2.24) is 0 Å². The maximum Gasteiger partial charge on any atom is -1.00 e. The SMILES string of the molecule is CC1=CC(C(C)(C)C)=[C]([Hf+2][C]2=C(C(C)(C)C)C=C(C)C2)C1.[Cl-].[Cl-]. The van der Waals surface area contributed by atoms with E-state index in [2.05, 4.69) is 67.5 Å². The van der Waals surface area contributed by atoms with Gasteiger partial charge in [-0.2, -0.15) is 0 Å². The van der Waals surface area contributed by atoms with E-state index in [1.54, 1.807) is 22.3 Å². The van der Waals surface area contributed by atoms with Crippen LogP contribution in [-0.4, -0.2) is 0 Å². The van der Waals surface area contributed by atoms with Gasteiger partial charge in [-0.1, -0.05) is 0 Å². The fourth-order valence-corrected chi connectivity index (χ4v) is 11.4. The van der Waals surface area contributed by atoms with E-state index in [4.69, 9.17) is 0 Å². The van der Waals surface area contributed by atoms with Crippen LogP contribution in [0.1, 0.15) is 68.2 Å². The van der Waals surface area contributed by atoms with Gasteiger partial charge in [0.1, 0.15) is 0 Å². The van der Waals surface area contributed by atoms with E-state index in [-0.39, 0.29) is 24.8 Å². The molecule has 2 aliphatic rings. The Bertz CT molecular complexity index is 524. The minimum absolute atomic E-state index is 0. The Kier molecular flexibility index (Phi) is 8.34. The predicted octanol–water partition coefficient (Wildman–Crippen LogP) is 0.377. The second kappa shape index (κ2) is 8.19. The summed E-state index contributed by atoms with van der Waals surface area (Å²) >= 11 is -0.885. The molecule has 0 nitrogen and oxygen atoms in total. The molecule has 0 aromatic heterocycles. The van der Waals surface area contributed by atoms with E-state index >= 15 is 0 Å². The number of halogens is 2. The van der Waals surface area contributed by atoms with Crippen LogP contribution in [0.25, 0.3) is 0 Å². The van der Waals surface area contributed by atoms with Gasteiger partial charge in [0, 0.05) is 0 Å². The summed E-state index contributed by atoms with van der Waals surface area (Å²) in [5, 5.41) is 0. The molecule has 0 saturated heterocycles. The minimum Gasteiger partial charge on any atom is -1.00 e. The number of allylic oxidation sites excluding steroid dienone is 8. The number of rotatable bonds is 2. The molecule has 2 aliphatic carbocycles. The van der Waals surface area contributed by atoms with Crippen LogP contribution in [0.5, 0.6) is 0 Å². The van der Waals surface area contributed by atoms with Crippen molar-refractivity contribution >= 4 is 0 Å². The molecule has 23 heavy (non-hydrogen) atoms. The normalized spacial score (nSPS) is 18.3. The maximum absolute atomic E-state index is 2.48. The molecule has 2 rings (SSSR count). The van der Waals surface area contributed by atoms with Crippen LogP contribution in [0.15, 0.2) is 41.1 Å². The Morgan fingerprint density at radius 1 is 0.696 bits per heavy atom. The Balaban J connectivity index is 0.00000242. The molecule has 0 saturated carbocycles. The fourth-order valence-electron chi connectivity index (χ4n) is 3.26. The van der Waals surface area contributed by atoms with E-state index in [9.17, 15) is 0 Å². The van der Waals surface area contributed by atoms with Gasteiger partial charge < -0.3 is 24.8 Å². The second-order valence-corrected chi connectivity index (χ2v) is 14.0. The molecule has 0 spiro atoms. The molecule has 0 amide bonds. The van der Waals surface area contributed by atoms with E-state index < -0.39 is 22.9 Å². The molecular weight excluding hydrogens is 490 g/mol. The van der Waals surface area contributed by atoms with E-state index in [0.717, 1.165) is 0 Å². The van der Waals surface area contributed by atoms with Crippen LogP contribution in [-0.2, 0) is 22.9 Å². The molecule has 3 heteroatoms. The minimum atomic E-state index is -0.885. The van der Waals surface area contributed by atoms with Crippen molar-refractivity contribution in [3.05, 3.63) is 41.1 Å². The first-order valence-corrected chi connectivity index (χ1v) is 11.7. The Morgan fingerprint density at radius 3 is 1.26 bits per heavy atom. The van der Waals surface area contributed by atoms with E-state index in [0.29, 0.717) is 10.8 Å². The first-order chi connectivity index (χ1) is 9.48. The molecule has 0 aromatic carbocycles. The zero-order valence-corrected chi connectivity index (χ0v) is 20.9. The second-order valence-electron chi connectivity index (χ2n) is 8.74. The van der Waals surface area contributed by atoms with Crippen molar-refractivity contribution in [3.63, 3.8) is 0 Å². The molecule has 0 unspecified atom stereocenters. The summed E-state index contributed by atoms with van der Waals surface area (Å²) in [5.74, 6) is 0. The summed E-state index contributed by atoms with van der Waals surface area (Å²) in [6, 6.07) is 0. The van der Waals surface area contributed by atoms with Gasteiger partial charge in [-0.25, -0.2) is 0 Å². The standard InChI is InChI=1S/2C10H15.2ClH.Hf/c2*1-8-5-6-9(7-8)10(2,3)4;;;/h2*7H,5H2,1-4H3;2*1H;/q;;;;+2/p-2. The van der Waals surface area contributed by atoms with Gasteiger partial charge in [0.05, 0.1) is 0 Å². The van der Waals surface area contributed by atoms with Crippen LogP contribution in [0.3, 0.4) is 0 Å². The molecule has 0 aliphatic heterocycles. The van der Waals surface area contributed by atoms with Gasteiger partial charge in [0.15, 0.2) is 0 Å². The van der Waals surface area contributed by atoms with E-state index in [1.165, 1.54) is 12.8 Å². The Labute approximate surface area is 167 Å². The first kappa shape index (κ1) is 23.4. The third-order valence-corrected chi connectivity index (χ3v) is 9.63. The van der Waals surface area contributed by atoms with Gasteiger partial charge in [0.25, 0.3) is 0 Å². The zero-order valence-electron chi connectivity index (χ0n) is 15.8. The summed E-state index contributed by atoms with van der Waals surface area (Å²) < 4.78 is 3.69. The van der Waals surface area contributed by atoms with Crippen LogP contribution >= 0.6 is 0 Å². The molecular formula is C20H30Cl2Hf. The molecule has 128 valence electrons. The van der Waals surface area contributed by atoms with Gasteiger partial charge in [-0.05, 0) is 0 Å². The number of hydrogen-bond acceptors (Lipinski definition) is 0. The van der Waals surface area contributed by atoms with Crippen LogP contribution in [0.4, 0.5) is 0 Å². The van der Waals surface area contributed by atoms with Crippen molar-refractivity contribution in [2.75, 3.05) is 0 Å². The molecule has 0 atom stereocenters. The van der Waals surface area contributed by atoms with Gasteiger partial charge in [-0.3, -0.25) is 0 Å². The first-order valence-electron chi connectivity index (χ1n) is 8.07. The van der Waals surface area contributed by atoms with Crippen molar-refractivity contribution in [2.24, 2.45) is 10.8 Å². The van der Waals surface area contributed by atoms with Crippen LogP contribution in [0.2, 0.25) is 0 Å². The quantitative estimate of drug-likeness (QED) is 0.463. The molecule has 0 bridgehead atoms. The summed E-state index contributed by atoms with van der Waals surface area (Å²) in [6.45, 7) is 18.8. The topological polar surface area (TPSA) is 0 Å². The number of hydrogen-bond donors (Lipinski definition) is 0. The smallest absolute Gasteiger partial charge is 1.00 e. The Morgan fingerprint density at radius 2 is 1.00 bits per heavy atom. The van der Waals surface area contributed by atoms with Crippen LogP contribution in [0, 0.1) is 10.8 Å². The molecule has 0 aromatic rings. The average molecular weight is 520 g/mol. The van der Waals surface area contributed by atoms with Gasteiger partial charge in [-0.15, -0.1) is 0 Å². The van der Waals surface area contributed by atoms with Crippen molar-refractivity contribution in [3.8, 4) is 0 Å². The van der Waals surface area contributed by atoms with Gasteiger partial charge >= 0.3 is 143 Å². The zero-order chi connectivity index (χ0) is 16.0. The third-order valence-electron chi connectivity index (χ3n) is 4.26. The summed E-state index contributed by atoms with van der Waals surface area (Å²) in [5.41, 5.74) is 7.08. The Hall–Kier alpha value is 0.410. The largest absolute Gasteiger partial charge is 1.00 e. The maximum atomic E-state index is 2.48. The van der Waals surface area contributed by atoms with Crippen molar-refractivity contribution in [2.45, 2.75) is 68.2 Å². The van der Waals surface area contributed by atoms with Crippen molar-refractivity contribution < 1.29 is 47.7 Å². The van der Waals surface area contributed by atoms with Gasteiger partial charge in [0.2, 0.25) is 0 Å². The van der Waals surface area contributed by atoms with E-state index in [1.807, 2.05) is 6.66 Å². The average Bonchev–Trinajstić information content (AvgIpc) is 2.81. The fraction of sp³-hybridized carbons (Fsp3) is 0.600. The molecule has 0 N–H and O–H groups in total. The molecule has 0 radical (unpaired) electrons.